The smallest absolute Gasteiger partial charge is 0.440 e. The van der Waals surface area contributed by atoms with Crippen molar-refractivity contribution >= 4 is 11.7 Å². The van der Waals surface area contributed by atoms with E-state index >= 15 is 0 Å². The maximum atomic E-state index is 13.4. The van der Waals surface area contributed by atoms with Crippen molar-refractivity contribution in [2.45, 2.75) is 0 Å². The number of nitrogens with zero attached hydrogens (tertiary/aromatic N) is 3. The van der Waals surface area contributed by atoms with Gasteiger partial charge in [0.2, 0.25) is 0 Å². The SMILES string of the molecule is Nc1cnc(-[n+]2ccccc2F)nc1C(=O)O. The highest BCUT2D eigenvalue weighted by Crippen LogP contribution is 2.07. The van der Waals surface area contributed by atoms with Crippen LogP contribution in [0, 0.1) is 5.95 Å². The molecule has 0 fully saturated rings. The normalized spacial score (nSPS) is 10.2. The van der Waals surface area contributed by atoms with Gasteiger partial charge < -0.3 is 10.8 Å². The van der Waals surface area contributed by atoms with Crippen LogP contribution in [-0.4, -0.2) is 21.0 Å². The minimum atomic E-state index is -1.29. The van der Waals surface area contributed by atoms with Gasteiger partial charge in [-0.2, -0.15) is 8.96 Å². The van der Waals surface area contributed by atoms with E-state index < -0.39 is 11.9 Å². The van der Waals surface area contributed by atoms with E-state index in [4.69, 9.17) is 10.8 Å². The monoisotopic (exact) mass is 235 g/mol. The molecule has 7 heteroatoms. The van der Waals surface area contributed by atoms with E-state index in [1.165, 1.54) is 18.3 Å². The molecule has 6 nitrogen and oxygen atoms in total. The van der Waals surface area contributed by atoms with Gasteiger partial charge in [-0.1, -0.05) is 16.0 Å². The molecule has 2 aromatic heterocycles. The highest BCUT2D eigenvalue weighted by Gasteiger charge is 2.21. The molecule has 2 aromatic rings. The summed E-state index contributed by atoms with van der Waals surface area (Å²) in [5.41, 5.74) is 4.97. The van der Waals surface area contributed by atoms with Crippen molar-refractivity contribution in [3.63, 3.8) is 0 Å². The van der Waals surface area contributed by atoms with Gasteiger partial charge in [-0.05, 0) is 6.07 Å². The van der Waals surface area contributed by atoms with Crippen molar-refractivity contribution in [3.05, 3.63) is 42.2 Å². The zero-order valence-corrected chi connectivity index (χ0v) is 8.54. The van der Waals surface area contributed by atoms with Crippen LogP contribution in [0.5, 0.6) is 0 Å². The molecule has 2 rings (SSSR count). The molecule has 3 N–H and O–H groups in total. The summed E-state index contributed by atoms with van der Waals surface area (Å²) in [7, 11) is 0. The van der Waals surface area contributed by atoms with Crippen LogP contribution >= 0.6 is 0 Å². The lowest BCUT2D eigenvalue weighted by Gasteiger charge is -1.98. The first-order valence-corrected chi connectivity index (χ1v) is 4.62. The van der Waals surface area contributed by atoms with Crippen LogP contribution < -0.4 is 10.3 Å². The van der Waals surface area contributed by atoms with Crippen molar-refractivity contribution in [3.8, 4) is 5.95 Å². The number of aromatic nitrogens is 3. The molecule has 0 atom stereocenters. The van der Waals surface area contributed by atoms with Gasteiger partial charge in [0.05, 0.1) is 6.20 Å². The second-order valence-electron chi connectivity index (χ2n) is 3.17. The number of rotatable bonds is 2. The molecular formula is C10H8FN4O2+. The summed E-state index contributed by atoms with van der Waals surface area (Å²) in [6.07, 6.45) is 2.51. The largest absolute Gasteiger partial charge is 0.475 e. The lowest BCUT2D eigenvalue weighted by Crippen LogP contribution is -2.37. The van der Waals surface area contributed by atoms with Gasteiger partial charge in [-0.3, -0.25) is 0 Å². The van der Waals surface area contributed by atoms with Crippen LogP contribution in [0.3, 0.4) is 0 Å². The fourth-order valence-electron chi connectivity index (χ4n) is 1.25. The second kappa shape index (κ2) is 4.12. The number of pyridine rings is 1. The van der Waals surface area contributed by atoms with Gasteiger partial charge in [-0.25, -0.2) is 4.79 Å². The number of halogens is 1. The van der Waals surface area contributed by atoms with Crippen molar-refractivity contribution in [2.75, 3.05) is 5.73 Å². The summed E-state index contributed by atoms with van der Waals surface area (Å²) in [6, 6.07) is 4.28. The Balaban J connectivity index is 2.58. The first kappa shape index (κ1) is 10.9. The molecule has 17 heavy (non-hydrogen) atoms. The molecule has 0 amide bonds. The second-order valence-corrected chi connectivity index (χ2v) is 3.17. The number of carbonyl (C=O) groups is 1. The summed E-state index contributed by atoms with van der Waals surface area (Å²) in [4.78, 5) is 18.3. The number of hydrogen-bond donors (Lipinski definition) is 2. The molecule has 0 unspecified atom stereocenters. The fourth-order valence-corrected chi connectivity index (χ4v) is 1.25. The molecular weight excluding hydrogens is 227 g/mol. The van der Waals surface area contributed by atoms with Crippen LogP contribution in [0.15, 0.2) is 30.6 Å². The van der Waals surface area contributed by atoms with Crippen molar-refractivity contribution in [1.82, 2.24) is 9.97 Å². The maximum Gasteiger partial charge on any atom is 0.440 e. The Bertz CT molecular complexity index is 588. The fraction of sp³-hybridized carbons (Fsp3) is 0. The number of carboxylic acid groups (broad SMARTS) is 1. The Morgan fingerprint density at radius 3 is 2.88 bits per heavy atom. The number of nitrogen functional groups attached to an aromatic ring is 1. The van der Waals surface area contributed by atoms with Crippen LogP contribution in [0.4, 0.5) is 10.1 Å². The summed E-state index contributed by atoms with van der Waals surface area (Å²) in [5, 5.41) is 8.83. The Morgan fingerprint density at radius 2 is 2.24 bits per heavy atom. The molecule has 0 aliphatic rings. The molecule has 0 radical (unpaired) electrons. The highest BCUT2D eigenvalue weighted by molar-refractivity contribution is 5.91. The van der Waals surface area contributed by atoms with E-state index in [9.17, 15) is 9.18 Å². The summed E-state index contributed by atoms with van der Waals surface area (Å²) in [5.74, 6) is -1.98. The first-order valence-electron chi connectivity index (χ1n) is 4.62. The third kappa shape index (κ3) is 2.03. The van der Waals surface area contributed by atoms with E-state index in [1.807, 2.05) is 0 Å². The van der Waals surface area contributed by atoms with Crippen LogP contribution in [0.2, 0.25) is 0 Å². The van der Waals surface area contributed by atoms with E-state index in [0.717, 1.165) is 10.8 Å². The standard InChI is InChI=1S/C10H7FN4O2/c11-7-3-1-2-4-15(7)10-13-5-6(12)8(14-10)9(16)17/h1-5H,12H2/p+1. The summed E-state index contributed by atoms with van der Waals surface area (Å²) >= 11 is 0. The van der Waals surface area contributed by atoms with Crippen LogP contribution in [-0.2, 0) is 0 Å². The topological polar surface area (TPSA) is 93.0 Å². The summed E-state index contributed by atoms with van der Waals surface area (Å²) < 4.78 is 14.4. The van der Waals surface area contributed by atoms with Gasteiger partial charge in [0.1, 0.15) is 11.9 Å². The van der Waals surface area contributed by atoms with Crippen molar-refractivity contribution < 1.29 is 18.9 Å². The van der Waals surface area contributed by atoms with E-state index in [-0.39, 0.29) is 17.3 Å². The van der Waals surface area contributed by atoms with Gasteiger partial charge in [-0.15, -0.1) is 0 Å². The van der Waals surface area contributed by atoms with Gasteiger partial charge in [0, 0.05) is 6.07 Å². The third-order valence-electron chi connectivity index (χ3n) is 2.03. The van der Waals surface area contributed by atoms with Crippen LogP contribution in [0.25, 0.3) is 5.95 Å². The molecule has 0 aliphatic heterocycles. The van der Waals surface area contributed by atoms with Gasteiger partial charge >= 0.3 is 11.9 Å². The average Bonchev–Trinajstić information content (AvgIpc) is 2.30. The predicted octanol–water partition coefficient (Wildman–Crippen LogP) is 0.173. The summed E-state index contributed by atoms with van der Waals surface area (Å²) in [6.45, 7) is 0. The predicted molar refractivity (Wildman–Crippen MR) is 54.9 cm³/mol. The van der Waals surface area contributed by atoms with Gasteiger partial charge in [0.15, 0.2) is 0 Å². The molecule has 0 aliphatic carbocycles. The lowest BCUT2D eigenvalue weighted by atomic mass is 10.3. The average molecular weight is 235 g/mol. The highest BCUT2D eigenvalue weighted by atomic mass is 19.1. The Morgan fingerprint density at radius 1 is 1.47 bits per heavy atom. The third-order valence-corrected chi connectivity index (χ3v) is 2.03. The Kier molecular flexibility index (Phi) is 2.65. The Hall–Kier alpha value is -2.57. The molecule has 86 valence electrons. The molecule has 0 spiro atoms. The van der Waals surface area contributed by atoms with E-state index in [2.05, 4.69) is 9.97 Å². The Labute approximate surface area is 95.2 Å². The number of anilines is 1. The zero-order chi connectivity index (χ0) is 12.4. The van der Waals surface area contributed by atoms with E-state index in [0.29, 0.717) is 0 Å². The van der Waals surface area contributed by atoms with Crippen molar-refractivity contribution in [2.24, 2.45) is 0 Å². The number of nitrogens with two attached hydrogens (primary N) is 1. The maximum absolute atomic E-state index is 13.4. The van der Waals surface area contributed by atoms with Crippen LogP contribution in [0.1, 0.15) is 10.5 Å². The molecule has 0 bridgehead atoms. The van der Waals surface area contributed by atoms with E-state index in [1.54, 1.807) is 6.07 Å². The molecule has 0 saturated carbocycles. The quantitative estimate of drug-likeness (QED) is 0.571. The number of aromatic carboxylic acids is 1. The minimum absolute atomic E-state index is 0.0711. The number of hydrogen-bond acceptors (Lipinski definition) is 4. The first-order chi connectivity index (χ1) is 8.09. The van der Waals surface area contributed by atoms with Crippen molar-refractivity contribution in [1.29, 1.82) is 0 Å². The van der Waals surface area contributed by atoms with Gasteiger partial charge in [0.25, 0.3) is 11.6 Å². The minimum Gasteiger partial charge on any atom is -0.475 e. The molecule has 0 saturated heterocycles. The zero-order valence-electron chi connectivity index (χ0n) is 8.54. The lowest BCUT2D eigenvalue weighted by molar-refractivity contribution is -0.635. The number of carboxylic acids is 1. The molecule has 2 heterocycles. The molecule has 0 aromatic carbocycles.